The van der Waals surface area contributed by atoms with Gasteiger partial charge in [0.15, 0.2) is 6.61 Å². The smallest absolute Gasteiger partial charge is 0.422 e. The number of hydrogen-bond donors (Lipinski definition) is 1. The summed E-state index contributed by atoms with van der Waals surface area (Å²) in [7, 11) is 0. The minimum Gasteiger partial charge on any atom is -0.483 e. The molecule has 2 aromatic heterocycles. The van der Waals surface area contributed by atoms with Gasteiger partial charge in [-0.2, -0.15) is 13.2 Å². The SMILES string of the molecule is C[C@@H](NC(=O)c1csc(Cc2ccccc2)n1)c1ccc(OCC(F)(F)F)cn1. The van der Waals surface area contributed by atoms with Gasteiger partial charge in [0.25, 0.3) is 5.91 Å². The number of carbonyl (C=O) groups excluding carboxylic acids is 1. The molecule has 0 bridgehead atoms. The van der Waals surface area contributed by atoms with Gasteiger partial charge in [-0.05, 0) is 24.6 Å². The lowest BCUT2D eigenvalue weighted by Gasteiger charge is -2.13. The van der Waals surface area contributed by atoms with Crippen LogP contribution < -0.4 is 10.1 Å². The number of carbonyl (C=O) groups is 1. The molecule has 1 N–H and O–H groups in total. The van der Waals surface area contributed by atoms with E-state index in [2.05, 4.69) is 20.0 Å². The molecule has 1 aromatic carbocycles. The maximum Gasteiger partial charge on any atom is 0.422 e. The maximum absolute atomic E-state index is 12.4. The van der Waals surface area contributed by atoms with Crippen LogP contribution in [0.1, 0.15) is 39.7 Å². The minimum absolute atomic E-state index is 0.00894. The molecule has 9 heteroatoms. The molecule has 0 saturated heterocycles. The Hall–Kier alpha value is -2.94. The van der Waals surface area contributed by atoms with E-state index in [1.807, 2.05) is 30.3 Å². The molecule has 3 rings (SSSR count). The van der Waals surface area contributed by atoms with Crippen LogP contribution in [0.15, 0.2) is 54.0 Å². The van der Waals surface area contributed by atoms with E-state index in [0.29, 0.717) is 17.8 Å². The number of pyridine rings is 1. The van der Waals surface area contributed by atoms with Gasteiger partial charge in [-0.15, -0.1) is 11.3 Å². The Morgan fingerprint density at radius 1 is 1.21 bits per heavy atom. The molecule has 29 heavy (non-hydrogen) atoms. The Balaban J connectivity index is 1.56. The number of benzene rings is 1. The van der Waals surface area contributed by atoms with Crippen molar-refractivity contribution in [1.29, 1.82) is 0 Å². The topological polar surface area (TPSA) is 64.1 Å². The number of hydrogen-bond acceptors (Lipinski definition) is 5. The first-order valence-corrected chi connectivity index (χ1v) is 9.63. The molecule has 0 unspecified atom stereocenters. The molecular weight excluding hydrogens is 403 g/mol. The quantitative estimate of drug-likeness (QED) is 0.607. The fourth-order valence-electron chi connectivity index (χ4n) is 2.51. The number of halogens is 3. The molecule has 152 valence electrons. The second-order valence-electron chi connectivity index (χ2n) is 6.31. The Labute approximate surface area is 169 Å². The zero-order chi connectivity index (χ0) is 20.9. The van der Waals surface area contributed by atoms with Gasteiger partial charge in [0.1, 0.15) is 11.4 Å². The fraction of sp³-hybridized carbons (Fsp3) is 0.250. The van der Waals surface area contributed by atoms with Crippen LogP contribution in [-0.2, 0) is 6.42 Å². The van der Waals surface area contributed by atoms with Crippen LogP contribution in [0.3, 0.4) is 0 Å². The van der Waals surface area contributed by atoms with Gasteiger partial charge in [0.2, 0.25) is 0 Å². The highest BCUT2D eigenvalue weighted by Crippen LogP contribution is 2.20. The van der Waals surface area contributed by atoms with E-state index in [9.17, 15) is 18.0 Å². The summed E-state index contributed by atoms with van der Waals surface area (Å²) < 4.78 is 41.2. The third-order valence-electron chi connectivity index (χ3n) is 3.94. The van der Waals surface area contributed by atoms with Crippen molar-refractivity contribution in [2.75, 3.05) is 6.61 Å². The normalized spacial score (nSPS) is 12.4. The van der Waals surface area contributed by atoms with E-state index in [4.69, 9.17) is 0 Å². The van der Waals surface area contributed by atoms with E-state index in [1.54, 1.807) is 12.3 Å². The Morgan fingerprint density at radius 2 is 1.97 bits per heavy atom. The predicted molar refractivity (Wildman–Crippen MR) is 103 cm³/mol. The summed E-state index contributed by atoms with van der Waals surface area (Å²) in [6.07, 6.45) is -2.56. The number of nitrogens with one attached hydrogen (secondary N) is 1. The summed E-state index contributed by atoms with van der Waals surface area (Å²) >= 11 is 1.41. The van der Waals surface area contributed by atoms with Crippen LogP contribution >= 0.6 is 11.3 Å². The van der Waals surface area contributed by atoms with Crippen LogP contribution in [0.2, 0.25) is 0 Å². The summed E-state index contributed by atoms with van der Waals surface area (Å²) in [5, 5.41) is 5.32. The first kappa shape index (κ1) is 20.8. The third-order valence-corrected chi connectivity index (χ3v) is 4.78. The summed E-state index contributed by atoms with van der Waals surface area (Å²) in [5.41, 5.74) is 1.93. The number of nitrogens with zero attached hydrogens (tertiary/aromatic N) is 2. The van der Waals surface area contributed by atoms with Gasteiger partial charge in [0, 0.05) is 11.8 Å². The molecule has 0 radical (unpaired) electrons. The molecule has 0 spiro atoms. The standard InChI is InChI=1S/C20H18F3N3O2S/c1-13(16-8-7-15(10-24-16)28-12-20(21,22)23)25-19(27)17-11-29-18(26-17)9-14-5-3-2-4-6-14/h2-8,10-11,13H,9,12H2,1H3,(H,25,27)/t13-/m1/s1. The molecule has 2 heterocycles. The molecule has 3 aromatic rings. The lowest BCUT2D eigenvalue weighted by molar-refractivity contribution is -0.153. The molecule has 0 saturated carbocycles. The van der Waals surface area contributed by atoms with E-state index in [-0.39, 0.29) is 11.7 Å². The highest BCUT2D eigenvalue weighted by Gasteiger charge is 2.28. The number of alkyl halides is 3. The second kappa shape index (κ2) is 9.04. The average molecular weight is 421 g/mol. The summed E-state index contributed by atoms with van der Waals surface area (Å²) in [6.45, 7) is 0.350. The van der Waals surface area contributed by atoms with Crippen molar-refractivity contribution in [3.63, 3.8) is 0 Å². The molecule has 5 nitrogen and oxygen atoms in total. The van der Waals surface area contributed by atoms with Gasteiger partial charge in [-0.1, -0.05) is 30.3 Å². The van der Waals surface area contributed by atoms with E-state index < -0.39 is 18.8 Å². The monoisotopic (exact) mass is 421 g/mol. The Kier molecular flexibility index (Phi) is 6.48. The van der Waals surface area contributed by atoms with Crippen molar-refractivity contribution in [1.82, 2.24) is 15.3 Å². The Bertz CT molecular complexity index is 944. The largest absolute Gasteiger partial charge is 0.483 e. The highest BCUT2D eigenvalue weighted by molar-refractivity contribution is 7.09. The highest BCUT2D eigenvalue weighted by atomic mass is 32.1. The maximum atomic E-state index is 12.4. The van der Waals surface area contributed by atoms with E-state index in [0.717, 1.165) is 10.6 Å². The number of aromatic nitrogens is 2. The Morgan fingerprint density at radius 3 is 2.62 bits per heavy atom. The minimum atomic E-state index is -4.41. The van der Waals surface area contributed by atoms with Crippen molar-refractivity contribution >= 4 is 17.2 Å². The van der Waals surface area contributed by atoms with Gasteiger partial charge in [-0.25, -0.2) is 4.98 Å². The molecule has 0 aliphatic heterocycles. The fourth-order valence-corrected chi connectivity index (χ4v) is 3.32. The van der Waals surface area contributed by atoms with Gasteiger partial charge >= 0.3 is 6.18 Å². The van der Waals surface area contributed by atoms with Gasteiger partial charge in [-0.3, -0.25) is 9.78 Å². The summed E-state index contributed by atoms with van der Waals surface area (Å²) in [4.78, 5) is 20.9. The summed E-state index contributed by atoms with van der Waals surface area (Å²) in [6, 6.07) is 12.3. The average Bonchev–Trinajstić information content (AvgIpc) is 3.15. The first-order valence-electron chi connectivity index (χ1n) is 8.75. The molecule has 1 amide bonds. The molecule has 1 atom stereocenters. The number of ether oxygens (including phenoxy) is 1. The first-order chi connectivity index (χ1) is 13.8. The van der Waals surface area contributed by atoms with E-state index in [1.165, 1.54) is 29.7 Å². The van der Waals surface area contributed by atoms with Crippen molar-refractivity contribution in [3.05, 3.63) is 76.0 Å². The van der Waals surface area contributed by atoms with Crippen molar-refractivity contribution in [2.45, 2.75) is 25.6 Å². The van der Waals surface area contributed by atoms with Crippen LogP contribution in [0, 0.1) is 0 Å². The zero-order valence-corrected chi connectivity index (χ0v) is 16.3. The molecular formula is C20H18F3N3O2S. The van der Waals surface area contributed by atoms with Crippen LogP contribution in [0.25, 0.3) is 0 Å². The number of rotatable bonds is 7. The lowest BCUT2D eigenvalue weighted by Crippen LogP contribution is -2.27. The summed E-state index contributed by atoms with van der Waals surface area (Å²) in [5.74, 6) is -0.332. The zero-order valence-electron chi connectivity index (χ0n) is 15.4. The van der Waals surface area contributed by atoms with E-state index >= 15 is 0 Å². The van der Waals surface area contributed by atoms with Gasteiger partial charge < -0.3 is 10.1 Å². The number of thiazole rings is 1. The van der Waals surface area contributed by atoms with Crippen molar-refractivity contribution < 1.29 is 22.7 Å². The van der Waals surface area contributed by atoms with Crippen molar-refractivity contribution in [2.24, 2.45) is 0 Å². The van der Waals surface area contributed by atoms with Crippen molar-refractivity contribution in [3.8, 4) is 5.75 Å². The lowest BCUT2D eigenvalue weighted by atomic mass is 10.2. The van der Waals surface area contributed by atoms with Crippen LogP contribution in [-0.4, -0.2) is 28.7 Å². The number of amides is 1. The molecule has 0 fully saturated rings. The second-order valence-corrected chi connectivity index (χ2v) is 7.25. The predicted octanol–water partition coefficient (Wildman–Crippen LogP) is 4.56. The van der Waals surface area contributed by atoms with Gasteiger partial charge in [0.05, 0.1) is 22.9 Å². The molecule has 0 aliphatic carbocycles. The van der Waals surface area contributed by atoms with Crippen LogP contribution in [0.4, 0.5) is 13.2 Å². The molecule has 0 aliphatic rings. The van der Waals surface area contributed by atoms with Crippen LogP contribution in [0.5, 0.6) is 5.75 Å². The third kappa shape index (κ3) is 6.28.